The minimum Gasteiger partial charge on any atom is -0.444 e. The molecule has 0 unspecified atom stereocenters. The van der Waals surface area contributed by atoms with Gasteiger partial charge in [0, 0.05) is 31.9 Å². The predicted octanol–water partition coefficient (Wildman–Crippen LogP) is 3.46. The highest BCUT2D eigenvalue weighted by atomic mass is 16.6. The van der Waals surface area contributed by atoms with Gasteiger partial charge in [0.1, 0.15) is 5.60 Å². The molecule has 0 radical (unpaired) electrons. The fraction of sp³-hybridized carbons (Fsp3) is 0.429. The van der Waals surface area contributed by atoms with Crippen molar-refractivity contribution >= 4 is 17.2 Å². The molecule has 3 aromatic heterocycles. The molecule has 8 heteroatoms. The van der Waals surface area contributed by atoms with E-state index in [1.165, 1.54) is 0 Å². The molecule has 0 fully saturated rings. The first kappa shape index (κ1) is 19.2. The van der Waals surface area contributed by atoms with Gasteiger partial charge in [-0.05, 0) is 45.3 Å². The molecular formula is C21H26N6O2. The molecule has 0 aliphatic carbocycles. The van der Waals surface area contributed by atoms with E-state index < -0.39 is 5.60 Å². The lowest BCUT2D eigenvalue weighted by atomic mass is 10.0. The van der Waals surface area contributed by atoms with Crippen LogP contribution in [0.3, 0.4) is 0 Å². The van der Waals surface area contributed by atoms with E-state index in [0.717, 1.165) is 33.6 Å². The van der Waals surface area contributed by atoms with Gasteiger partial charge < -0.3 is 9.64 Å². The van der Waals surface area contributed by atoms with Crippen molar-refractivity contribution in [1.82, 2.24) is 29.3 Å². The number of amides is 1. The molecule has 152 valence electrons. The van der Waals surface area contributed by atoms with E-state index in [2.05, 4.69) is 16.3 Å². The Morgan fingerprint density at radius 2 is 1.97 bits per heavy atom. The molecule has 1 aliphatic rings. The number of fused-ring (bicyclic) bond motifs is 1. The number of carbonyl (C=O) groups is 1. The van der Waals surface area contributed by atoms with Gasteiger partial charge in [0.05, 0.1) is 35.5 Å². The molecule has 0 saturated carbocycles. The quantitative estimate of drug-likeness (QED) is 0.665. The van der Waals surface area contributed by atoms with Crippen LogP contribution in [0.5, 0.6) is 0 Å². The zero-order valence-corrected chi connectivity index (χ0v) is 17.5. The molecule has 1 amide bonds. The maximum atomic E-state index is 12.4. The summed E-state index contributed by atoms with van der Waals surface area (Å²) in [4.78, 5) is 19.0. The van der Waals surface area contributed by atoms with E-state index >= 15 is 0 Å². The fourth-order valence-corrected chi connectivity index (χ4v) is 3.45. The lowest BCUT2D eigenvalue weighted by molar-refractivity contribution is 0.0270. The Balaban J connectivity index is 1.68. The number of rotatable bonds is 2. The number of ether oxygens (including phenoxy) is 1. The summed E-state index contributed by atoms with van der Waals surface area (Å²) in [6.07, 6.45) is 10.0. The van der Waals surface area contributed by atoms with Crippen LogP contribution in [0.15, 0.2) is 30.9 Å². The third-order valence-electron chi connectivity index (χ3n) is 4.85. The van der Waals surface area contributed by atoms with Crippen molar-refractivity contribution in [3.63, 3.8) is 0 Å². The molecule has 1 aliphatic heterocycles. The van der Waals surface area contributed by atoms with E-state index in [9.17, 15) is 4.79 Å². The first-order chi connectivity index (χ1) is 13.7. The van der Waals surface area contributed by atoms with Gasteiger partial charge >= 0.3 is 6.09 Å². The molecule has 4 heterocycles. The van der Waals surface area contributed by atoms with Crippen molar-refractivity contribution in [1.29, 1.82) is 0 Å². The first-order valence-corrected chi connectivity index (χ1v) is 9.72. The van der Waals surface area contributed by atoms with Crippen LogP contribution in [-0.4, -0.2) is 54.1 Å². The minimum atomic E-state index is -0.498. The highest BCUT2D eigenvalue weighted by Gasteiger charge is 2.25. The van der Waals surface area contributed by atoms with Crippen LogP contribution >= 0.6 is 0 Å². The Morgan fingerprint density at radius 3 is 2.59 bits per heavy atom. The van der Waals surface area contributed by atoms with Crippen molar-refractivity contribution in [3.8, 4) is 11.3 Å². The maximum Gasteiger partial charge on any atom is 0.410 e. The lowest BCUT2D eigenvalue weighted by Crippen LogP contribution is -2.39. The summed E-state index contributed by atoms with van der Waals surface area (Å²) in [7, 11) is 1.88. The van der Waals surface area contributed by atoms with Crippen LogP contribution in [0.4, 0.5) is 4.79 Å². The molecule has 3 aromatic rings. The zero-order valence-electron chi connectivity index (χ0n) is 17.5. The van der Waals surface area contributed by atoms with E-state index in [-0.39, 0.29) is 6.09 Å². The van der Waals surface area contributed by atoms with Crippen molar-refractivity contribution in [3.05, 3.63) is 42.1 Å². The van der Waals surface area contributed by atoms with Crippen LogP contribution in [0.25, 0.3) is 22.3 Å². The average Bonchev–Trinajstić information content (AvgIpc) is 3.26. The predicted molar refractivity (Wildman–Crippen MR) is 110 cm³/mol. The molecule has 4 rings (SSSR count). The molecular weight excluding hydrogens is 368 g/mol. The van der Waals surface area contributed by atoms with Gasteiger partial charge in [-0.15, -0.1) is 0 Å². The summed E-state index contributed by atoms with van der Waals surface area (Å²) < 4.78 is 9.13. The standard InChI is InChI=1S/C21H26N6O2/c1-14-10-23-27-13-17(16-11-22-25(5)12-16)24-18(19(14)27)15-6-8-26(9-7-15)20(28)29-21(2,3)4/h6,10-13H,7-9H2,1-5H3. The number of aryl methyl sites for hydroxylation is 2. The normalized spacial score (nSPS) is 14.9. The molecule has 0 bridgehead atoms. The van der Waals surface area contributed by atoms with Gasteiger partial charge in [-0.3, -0.25) is 4.68 Å². The number of nitrogens with zero attached hydrogens (tertiary/aromatic N) is 6. The fourth-order valence-electron chi connectivity index (χ4n) is 3.45. The molecule has 0 atom stereocenters. The summed E-state index contributed by atoms with van der Waals surface area (Å²) >= 11 is 0. The number of hydrogen-bond donors (Lipinski definition) is 0. The zero-order chi connectivity index (χ0) is 20.8. The van der Waals surface area contributed by atoms with Crippen LogP contribution in [0.2, 0.25) is 0 Å². The first-order valence-electron chi connectivity index (χ1n) is 9.72. The second-order valence-electron chi connectivity index (χ2n) is 8.40. The van der Waals surface area contributed by atoms with E-state index in [0.29, 0.717) is 19.5 Å². The van der Waals surface area contributed by atoms with Gasteiger partial charge in [-0.25, -0.2) is 14.3 Å². The van der Waals surface area contributed by atoms with Crippen LogP contribution in [0.1, 0.15) is 38.4 Å². The molecule has 8 nitrogen and oxygen atoms in total. The molecule has 0 N–H and O–H groups in total. The number of aromatic nitrogens is 5. The highest BCUT2D eigenvalue weighted by molar-refractivity contribution is 5.81. The third-order valence-corrected chi connectivity index (χ3v) is 4.85. The Labute approximate surface area is 169 Å². The minimum absolute atomic E-state index is 0.282. The average molecular weight is 394 g/mol. The Hall–Kier alpha value is -3.16. The van der Waals surface area contributed by atoms with Crippen molar-refractivity contribution in [2.45, 2.75) is 39.7 Å². The van der Waals surface area contributed by atoms with Crippen LogP contribution in [0, 0.1) is 6.92 Å². The summed E-state index contributed by atoms with van der Waals surface area (Å²) in [5.41, 5.74) is 5.35. The van der Waals surface area contributed by atoms with Gasteiger partial charge in [0.25, 0.3) is 0 Å². The lowest BCUT2D eigenvalue weighted by Gasteiger charge is -2.29. The van der Waals surface area contributed by atoms with Crippen LogP contribution < -0.4 is 0 Å². The van der Waals surface area contributed by atoms with Gasteiger partial charge in [0.2, 0.25) is 0 Å². The van der Waals surface area contributed by atoms with Crippen molar-refractivity contribution < 1.29 is 9.53 Å². The number of hydrogen-bond acceptors (Lipinski definition) is 5. The summed E-state index contributed by atoms with van der Waals surface area (Å²) in [5, 5.41) is 8.74. The smallest absolute Gasteiger partial charge is 0.410 e. The molecule has 0 saturated heterocycles. The van der Waals surface area contributed by atoms with Gasteiger partial charge in [-0.1, -0.05) is 6.08 Å². The SMILES string of the molecule is Cc1cnn2cc(-c3cnn(C)c3)nc(C3=CCN(C(=O)OC(C)(C)C)CC3)c12. The van der Waals surface area contributed by atoms with E-state index in [4.69, 9.17) is 9.72 Å². The van der Waals surface area contributed by atoms with Gasteiger partial charge in [-0.2, -0.15) is 10.2 Å². The molecule has 0 spiro atoms. The Bertz CT molecular complexity index is 1100. The Morgan fingerprint density at radius 1 is 1.17 bits per heavy atom. The second-order valence-corrected chi connectivity index (χ2v) is 8.40. The summed E-state index contributed by atoms with van der Waals surface area (Å²) in [5.74, 6) is 0. The van der Waals surface area contributed by atoms with E-state index in [1.54, 1.807) is 15.8 Å². The monoisotopic (exact) mass is 394 g/mol. The summed E-state index contributed by atoms with van der Waals surface area (Å²) in [6.45, 7) is 8.77. The number of carbonyl (C=O) groups excluding carboxylic acids is 1. The largest absolute Gasteiger partial charge is 0.444 e. The molecule has 0 aromatic carbocycles. The molecule has 29 heavy (non-hydrogen) atoms. The Kier molecular flexibility index (Phi) is 4.64. The summed E-state index contributed by atoms with van der Waals surface area (Å²) in [6, 6.07) is 0. The van der Waals surface area contributed by atoms with Gasteiger partial charge in [0.15, 0.2) is 0 Å². The van der Waals surface area contributed by atoms with E-state index in [1.807, 2.05) is 57.8 Å². The van der Waals surface area contributed by atoms with Crippen molar-refractivity contribution in [2.75, 3.05) is 13.1 Å². The second kappa shape index (κ2) is 7.02. The third kappa shape index (κ3) is 3.87. The highest BCUT2D eigenvalue weighted by Crippen LogP contribution is 2.29. The topological polar surface area (TPSA) is 77.6 Å². The maximum absolute atomic E-state index is 12.4. The van der Waals surface area contributed by atoms with Crippen LogP contribution in [-0.2, 0) is 11.8 Å². The van der Waals surface area contributed by atoms with Crippen molar-refractivity contribution in [2.24, 2.45) is 7.05 Å².